The molecular weight excluding hydrogens is 248 g/mol. The van der Waals surface area contributed by atoms with E-state index in [1.807, 2.05) is 0 Å². The van der Waals surface area contributed by atoms with Crippen molar-refractivity contribution in [1.29, 1.82) is 0 Å². The molecule has 0 saturated carbocycles. The fourth-order valence-corrected chi connectivity index (χ4v) is 4.07. The van der Waals surface area contributed by atoms with E-state index in [1.54, 1.807) is 0 Å². The Balaban J connectivity index is 1.81. The molecule has 3 nitrogen and oxygen atoms in total. The molecule has 1 amide bonds. The van der Waals surface area contributed by atoms with Crippen molar-refractivity contribution >= 4 is 5.91 Å². The van der Waals surface area contributed by atoms with E-state index in [0.29, 0.717) is 11.8 Å². The Morgan fingerprint density at radius 3 is 2.00 bits per heavy atom. The lowest BCUT2D eigenvalue weighted by molar-refractivity contribution is 0.0774. The molecule has 3 heteroatoms. The predicted octanol–water partition coefficient (Wildman–Crippen LogP) is 2.25. The van der Waals surface area contributed by atoms with E-state index in [9.17, 15) is 4.79 Å². The monoisotopic (exact) mass is 272 g/mol. The third-order valence-electron chi connectivity index (χ3n) is 4.85. The van der Waals surface area contributed by atoms with E-state index in [4.69, 9.17) is 0 Å². The molecule has 2 aliphatic heterocycles. The first-order valence-corrected chi connectivity index (χ1v) is 7.51. The van der Waals surface area contributed by atoms with Gasteiger partial charge in [0.2, 0.25) is 0 Å². The molecule has 0 aliphatic carbocycles. The lowest BCUT2D eigenvalue weighted by atomic mass is 9.99. The smallest absolute Gasteiger partial charge is 0.254 e. The van der Waals surface area contributed by atoms with Gasteiger partial charge in [0.05, 0.1) is 0 Å². The Morgan fingerprint density at radius 1 is 1.00 bits per heavy atom. The summed E-state index contributed by atoms with van der Waals surface area (Å²) in [7, 11) is 2.18. The minimum Gasteiger partial charge on any atom is -0.338 e. The molecule has 2 atom stereocenters. The molecule has 1 aromatic carbocycles. The normalized spacial score (nSPS) is 26.1. The van der Waals surface area contributed by atoms with Crippen molar-refractivity contribution in [2.24, 2.45) is 11.8 Å². The van der Waals surface area contributed by atoms with Crippen molar-refractivity contribution < 1.29 is 4.79 Å². The molecule has 1 aromatic rings. The molecule has 0 radical (unpaired) electrons. The molecule has 0 bridgehead atoms. The van der Waals surface area contributed by atoms with Crippen LogP contribution in [0.25, 0.3) is 0 Å². The Bertz CT molecular complexity index is 515. The highest BCUT2D eigenvalue weighted by Crippen LogP contribution is 2.31. The van der Waals surface area contributed by atoms with Crippen molar-refractivity contribution in [3.63, 3.8) is 0 Å². The molecule has 2 saturated heterocycles. The largest absolute Gasteiger partial charge is 0.338 e. The summed E-state index contributed by atoms with van der Waals surface area (Å²) in [5, 5.41) is 0. The standard InChI is InChI=1S/C17H24N2O/c1-11-5-12(2)16(13(3)6-11)17(20)19-9-14-7-18(4)8-15(14)10-19/h5-6,14-15H,7-10H2,1-4H3/t14-,15+. The number of rotatable bonds is 1. The maximum absolute atomic E-state index is 12.8. The highest BCUT2D eigenvalue weighted by molar-refractivity contribution is 5.97. The van der Waals surface area contributed by atoms with Crippen LogP contribution in [0.1, 0.15) is 27.0 Å². The van der Waals surface area contributed by atoms with Crippen LogP contribution in [0.15, 0.2) is 12.1 Å². The van der Waals surface area contributed by atoms with Gasteiger partial charge in [-0.2, -0.15) is 0 Å². The van der Waals surface area contributed by atoms with Crippen LogP contribution in [0.3, 0.4) is 0 Å². The summed E-state index contributed by atoms with van der Waals surface area (Å²) in [4.78, 5) is 17.3. The molecule has 2 fully saturated rings. The van der Waals surface area contributed by atoms with Gasteiger partial charge in [0, 0.05) is 31.7 Å². The van der Waals surface area contributed by atoms with Crippen molar-refractivity contribution in [3.8, 4) is 0 Å². The van der Waals surface area contributed by atoms with Gasteiger partial charge in [-0.1, -0.05) is 17.7 Å². The van der Waals surface area contributed by atoms with E-state index >= 15 is 0 Å². The van der Waals surface area contributed by atoms with Crippen molar-refractivity contribution in [3.05, 3.63) is 34.4 Å². The maximum atomic E-state index is 12.8. The van der Waals surface area contributed by atoms with Crippen molar-refractivity contribution in [1.82, 2.24) is 9.80 Å². The third kappa shape index (κ3) is 2.24. The Labute approximate surface area is 121 Å². The van der Waals surface area contributed by atoms with Crippen LogP contribution in [-0.2, 0) is 0 Å². The van der Waals surface area contributed by atoms with Gasteiger partial charge in [0.15, 0.2) is 0 Å². The van der Waals surface area contributed by atoms with Crippen LogP contribution in [-0.4, -0.2) is 48.9 Å². The number of aryl methyl sites for hydroxylation is 3. The molecule has 0 aromatic heterocycles. The summed E-state index contributed by atoms with van der Waals surface area (Å²) in [6, 6.07) is 4.23. The molecule has 3 rings (SSSR count). The second kappa shape index (κ2) is 4.88. The van der Waals surface area contributed by atoms with Crippen molar-refractivity contribution in [2.45, 2.75) is 20.8 Å². The first-order chi connectivity index (χ1) is 9.45. The summed E-state index contributed by atoms with van der Waals surface area (Å²) in [6.45, 7) is 10.3. The molecule has 0 spiro atoms. The first kappa shape index (κ1) is 13.6. The Hall–Kier alpha value is -1.35. The second-order valence-electron chi connectivity index (χ2n) is 6.73. The van der Waals surface area contributed by atoms with Crippen LogP contribution in [0, 0.1) is 32.6 Å². The van der Waals surface area contributed by atoms with Gasteiger partial charge in [0.25, 0.3) is 5.91 Å². The SMILES string of the molecule is Cc1cc(C)c(C(=O)N2C[C@H]3CN(C)C[C@H]3C2)c(C)c1. The molecular formula is C17H24N2O. The van der Waals surface area contributed by atoms with E-state index in [1.165, 1.54) is 5.56 Å². The fourth-order valence-electron chi connectivity index (χ4n) is 4.07. The van der Waals surface area contributed by atoms with Gasteiger partial charge in [-0.05, 0) is 50.8 Å². The molecule has 0 unspecified atom stereocenters. The number of carbonyl (C=O) groups excluding carboxylic acids is 1. The summed E-state index contributed by atoms with van der Waals surface area (Å²) >= 11 is 0. The van der Waals surface area contributed by atoms with Gasteiger partial charge in [-0.25, -0.2) is 0 Å². The lowest BCUT2D eigenvalue weighted by Gasteiger charge is -2.21. The summed E-state index contributed by atoms with van der Waals surface area (Å²) in [6.07, 6.45) is 0. The van der Waals surface area contributed by atoms with Gasteiger partial charge in [0.1, 0.15) is 0 Å². The molecule has 2 aliphatic rings. The Kier molecular flexibility index (Phi) is 3.33. The number of nitrogens with zero attached hydrogens (tertiary/aromatic N) is 2. The Morgan fingerprint density at radius 2 is 1.50 bits per heavy atom. The molecule has 2 heterocycles. The highest BCUT2D eigenvalue weighted by Gasteiger charge is 2.40. The lowest BCUT2D eigenvalue weighted by Crippen LogP contribution is -2.33. The van der Waals surface area contributed by atoms with Crippen LogP contribution in [0.4, 0.5) is 0 Å². The summed E-state index contributed by atoms with van der Waals surface area (Å²) in [5.41, 5.74) is 4.38. The zero-order valence-corrected chi connectivity index (χ0v) is 12.9. The minimum atomic E-state index is 0.233. The van der Waals surface area contributed by atoms with Crippen LogP contribution >= 0.6 is 0 Å². The number of fused-ring (bicyclic) bond motifs is 1. The summed E-state index contributed by atoms with van der Waals surface area (Å²) in [5.74, 6) is 1.59. The average Bonchev–Trinajstić information content (AvgIpc) is 2.84. The molecule has 0 N–H and O–H groups in total. The highest BCUT2D eigenvalue weighted by atomic mass is 16.2. The van der Waals surface area contributed by atoms with E-state index in [0.717, 1.165) is 42.9 Å². The molecule has 20 heavy (non-hydrogen) atoms. The van der Waals surface area contributed by atoms with E-state index < -0.39 is 0 Å². The maximum Gasteiger partial charge on any atom is 0.254 e. The second-order valence-corrected chi connectivity index (χ2v) is 6.73. The fraction of sp³-hybridized carbons (Fsp3) is 0.588. The van der Waals surface area contributed by atoms with Gasteiger partial charge >= 0.3 is 0 Å². The predicted molar refractivity (Wildman–Crippen MR) is 81.0 cm³/mol. The van der Waals surface area contributed by atoms with Crippen molar-refractivity contribution in [2.75, 3.05) is 33.2 Å². The van der Waals surface area contributed by atoms with Gasteiger partial charge in [-0.15, -0.1) is 0 Å². The number of amides is 1. The number of carbonyl (C=O) groups is 1. The van der Waals surface area contributed by atoms with Crippen LogP contribution < -0.4 is 0 Å². The quantitative estimate of drug-likeness (QED) is 0.783. The summed E-state index contributed by atoms with van der Waals surface area (Å²) < 4.78 is 0. The first-order valence-electron chi connectivity index (χ1n) is 7.51. The van der Waals surface area contributed by atoms with Crippen LogP contribution in [0.5, 0.6) is 0 Å². The van der Waals surface area contributed by atoms with Crippen LogP contribution in [0.2, 0.25) is 0 Å². The zero-order valence-electron chi connectivity index (χ0n) is 12.9. The number of hydrogen-bond acceptors (Lipinski definition) is 2. The zero-order chi connectivity index (χ0) is 14.4. The topological polar surface area (TPSA) is 23.6 Å². The minimum absolute atomic E-state index is 0.233. The average molecular weight is 272 g/mol. The number of benzene rings is 1. The van der Waals surface area contributed by atoms with E-state index in [-0.39, 0.29) is 5.91 Å². The number of hydrogen-bond donors (Lipinski definition) is 0. The van der Waals surface area contributed by atoms with Gasteiger partial charge < -0.3 is 9.80 Å². The van der Waals surface area contributed by atoms with E-state index in [2.05, 4.69) is 49.8 Å². The number of likely N-dealkylation sites (tertiary alicyclic amines) is 2. The van der Waals surface area contributed by atoms with Gasteiger partial charge in [-0.3, -0.25) is 4.79 Å². The third-order valence-corrected chi connectivity index (χ3v) is 4.85. The molecule has 108 valence electrons.